The van der Waals surface area contributed by atoms with Crippen molar-refractivity contribution in [3.05, 3.63) is 120 Å². The quantitative estimate of drug-likeness (QED) is 0.491. The molecule has 0 atom stereocenters. The van der Waals surface area contributed by atoms with Crippen molar-refractivity contribution in [3.63, 3.8) is 0 Å². The number of rotatable bonds is 6. The van der Waals surface area contributed by atoms with Crippen molar-refractivity contribution in [2.24, 2.45) is 0 Å². The van der Waals surface area contributed by atoms with E-state index >= 15 is 0 Å². The Morgan fingerprint density at radius 3 is 1.93 bits per heavy atom. The summed E-state index contributed by atoms with van der Waals surface area (Å²) >= 11 is 0. The smallest absolute Gasteiger partial charge is 0.272 e. The number of para-hydroxylation sites is 1. The second kappa shape index (κ2) is 9.69. The lowest BCUT2D eigenvalue weighted by atomic mass is 10.2. The third kappa shape index (κ3) is 5.54. The van der Waals surface area contributed by atoms with Crippen LogP contribution in [0.5, 0.6) is 0 Å². The molecule has 0 unspecified atom stereocenters. The van der Waals surface area contributed by atoms with Crippen molar-refractivity contribution in [1.29, 1.82) is 0 Å². The normalized spacial score (nSPS) is 11.2. The van der Waals surface area contributed by atoms with Crippen LogP contribution >= 0.6 is 0 Å². The maximum atomic E-state index is 12.7. The molecule has 4 nitrogen and oxygen atoms in total. The van der Waals surface area contributed by atoms with Crippen LogP contribution in [0.1, 0.15) is 15.9 Å². The van der Waals surface area contributed by atoms with Gasteiger partial charge in [0.2, 0.25) is 0 Å². The van der Waals surface area contributed by atoms with Crippen molar-refractivity contribution >= 4 is 23.6 Å². The fourth-order valence-corrected chi connectivity index (χ4v) is 2.50. The number of anilines is 1. The first-order valence-electron chi connectivity index (χ1n) is 8.88. The molecule has 0 bridgehead atoms. The number of hydrogen-bond acceptors (Lipinski definition) is 2. The van der Waals surface area contributed by atoms with Crippen molar-refractivity contribution in [1.82, 2.24) is 5.32 Å². The van der Waals surface area contributed by atoms with Crippen LogP contribution in [-0.2, 0) is 4.79 Å². The fourth-order valence-electron chi connectivity index (χ4n) is 2.50. The Kier molecular flexibility index (Phi) is 6.53. The molecule has 0 aliphatic carbocycles. The summed E-state index contributed by atoms with van der Waals surface area (Å²) in [4.78, 5) is 25.2. The molecule has 0 aliphatic heterocycles. The van der Waals surface area contributed by atoms with E-state index in [-0.39, 0.29) is 11.6 Å². The highest BCUT2D eigenvalue weighted by Crippen LogP contribution is 2.09. The van der Waals surface area contributed by atoms with Gasteiger partial charge in [-0.1, -0.05) is 78.9 Å². The molecule has 0 aliphatic rings. The van der Waals surface area contributed by atoms with E-state index < -0.39 is 5.91 Å². The predicted molar refractivity (Wildman–Crippen MR) is 113 cm³/mol. The van der Waals surface area contributed by atoms with Crippen LogP contribution in [0, 0.1) is 0 Å². The van der Waals surface area contributed by atoms with Crippen LogP contribution < -0.4 is 10.6 Å². The van der Waals surface area contributed by atoms with E-state index in [9.17, 15) is 9.59 Å². The average molecular weight is 368 g/mol. The first kappa shape index (κ1) is 18.9. The van der Waals surface area contributed by atoms with Crippen molar-refractivity contribution in [2.45, 2.75) is 0 Å². The molecule has 3 rings (SSSR count). The van der Waals surface area contributed by atoms with Gasteiger partial charge in [-0.3, -0.25) is 9.59 Å². The molecule has 138 valence electrons. The van der Waals surface area contributed by atoms with E-state index in [1.807, 2.05) is 60.7 Å². The molecular formula is C24H20N2O2. The van der Waals surface area contributed by atoms with Gasteiger partial charge in [0.15, 0.2) is 0 Å². The summed E-state index contributed by atoms with van der Waals surface area (Å²) in [7, 11) is 0. The monoisotopic (exact) mass is 368 g/mol. The fraction of sp³-hybridized carbons (Fsp3) is 0. The Morgan fingerprint density at radius 1 is 0.714 bits per heavy atom. The van der Waals surface area contributed by atoms with Gasteiger partial charge in [-0.05, 0) is 35.9 Å². The number of amides is 2. The maximum absolute atomic E-state index is 12.7. The minimum absolute atomic E-state index is 0.157. The average Bonchev–Trinajstić information content (AvgIpc) is 2.75. The summed E-state index contributed by atoms with van der Waals surface area (Å²) in [5, 5.41) is 5.49. The molecule has 0 spiro atoms. The third-order valence-corrected chi connectivity index (χ3v) is 3.91. The van der Waals surface area contributed by atoms with E-state index in [0.29, 0.717) is 11.3 Å². The highest BCUT2D eigenvalue weighted by atomic mass is 16.2. The van der Waals surface area contributed by atoms with Crippen molar-refractivity contribution < 1.29 is 9.59 Å². The highest BCUT2D eigenvalue weighted by Gasteiger charge is 2.13. The molecule has 3 aromatic carbocycles. The zero-order valence-electron chi connectivity index (χ0n) is 15.2. The van der Waals surface area contributed by atoms with E-state index in [4.69, 9.17) is 0 Å². The number of carbonyl (C=O) groups is 2. The number of nitrogens with one attached hydrogen (secondary N) is 2. The van der Waals surface area contributed by atoms with Crippen molar-refractivity contribution in [2.75, 3.05) is 5.32 Å². The lowest BCUT2D eigenvalue weighted by Crippen LogP contribution is -2.30. The molecule has 2 amide bonds. The molecule has 3 aromatic rings. The number of benzene rings is 3. The van der Waals surface area contributed by atoms with Gasteiger partial charge in [-0.15, -0.1) is 0 Å². The lowest BCUT2D eigenvalue weighted by molar-refractivity contribution is -0.113. The van der Waals surface area contributed by atoms with Crippen LogP contribution in [0.15, 0.2) is 109 Å². The second-order valence-electron chi connectivity index (χ2n) is 5.99. The van der Waals surface area contributed by atoms with E-state index in [2.05, 4.69) is 10.6 Å². The molecule has 4 heteroatoms. The van der Waals surface area contributed by atoms with Gasteiger partial charge in [-0.2, -0.15) is 0 Å². The van der Waals surface area contributed by atoms with Gasteiger partial charge in [-0.25, -0.2) is 0 Å². The zero-order chi connectivity index (χ0) is 19.6. The lowest BCUT2D eigenvalue weighted by Gasteiger charge is -2.10. The topological polar surface area (TPSA) is 58.2 Å². The maximum Gasteiger partial charge on any atom is 0.272 e. The molecule has 0 aromatic heterocycles. The Balaban J connectivity index is 1.80. The van der Waals surface area contributed by atoms with Crippen LogP contribution in [-0.4, -0.2) is 11.8 Å². The molecular weight excluding hydrogens is 348 g/mol. The summed E-state index contributed by atoms with van der Waals surface area (Å²) in [6.45, 7) is 0. The van der Waals surface area contributed by atoms with Crippen LogP contribution in [0.25, 0.3) is 6.08 Å². The Bertz CT molecular complexity index is 979. The minimum atomic E-state index is -0.395. The van der Waals surface area contributed by atoms with Gasteiger partial charge in [0.05, 0.1) is 0 Å². The molecule has 2 N–H and O–H groups in total. The third-order valence-electron chi connectivity index (χ3n) is 3.91. The van der Waals surface area contributed by atoms with Gasteiger partial charge in [0, 0.05) is 11.3 Å². The van der Waals surface area contributed by atoms with E-state index in [1.165, 1.54) is 0 Å². The molecule has 0 saturated heterocycles. The van der Waals surface area contributed by atoms with Gasteiger partial charge < -0.3 is 10.6 Å². The Labute approximate surface area is 164 Å². The Hall–Kier alpha value is -3.92. The Morgan fingerprint density at radius 2 is 1.29 bits per heavy atom. The summed E-state index contributed by atoms with van der Waals surface area (Å²) in [5.41, 5.74) is 2.29. The van der Waals surface area contributed by atoms with Gasteiger partial charge in [0.1, 0.15) is 5.70 Å². The number of carbonyl (C=O) groups excluding carboxylic acids is 2. The minimum Gasteiger partial charge on any atom is -0.321 e. The molecule has 0 radical (unpaired) electrons. The van der Waals surface area contributed by atoms with Crippen LogP contribution in [0.2, 0.25) is 0 Å². The second-order valence-corrected chi connectivity index (χ2v) is 5.99. The SMILES string of the molecule is O=C(Nc1ccccc1)C(=CC=Cc1ccccc1)NC(=O)c1ccccc1. The molecule has 28 heavy (non-hydrogen) atoms. The van der Waals surface area contributed by atoms with Crippen molar-refractivity contribution in [3.8, 4) is 0 Å². The number of allylic oxidation sites excluding steroid dienone is 2. The largest absolute Gasteiger partial charge is 0.321 e. The summed E-state index contributed by atoms with van der Waals surface area (Å²) in [6, 6.07) is 27.6. The first-order valence-corrected chi connectivity index (χ1v) is 8.88. The van der Waals surface area contributed by atoms with Gasteiger partial charge in [0.25, 0.3) is 11.8 Å². The summed E-state index contributed by atoms with van der Waals surface area (Å²) in [6.07, 6.45) is 5.19. The predicted octanol–water partition coefficient (Wildman–Crippen LogP) is 4.65. The van der Waals surface area contributed by atoms with E-state index in [0.717, 1.165) is 5.56 Å². The zero-order valence-corrected chi connectivity index (χ0v) is 15.2. The summed E-state index contributed by atoms with van der Waals surface area (Å²) < 4.78 is 0. The van der Waals surface area contributed by atoms with Crippen LogP contribution in [0.3, 0.4) is 0 Å². The summed E-state index contributed by atoms with van der Waals surface area (Å²) in [5.74, 6) is -0.739. The first-order chi connectivity index (χ1) is 13.7. The highest BCUT2D eigenvalue weighted by molar-refractivity contribution is 6.08. The van der Waals surface area contributed by atoms with Gasteiger partial charge >= 0.3 is 0 Å². The molecule has 0 saturated carbocycles. The molecule has 0 fully saturated rings. The van der Waals surface area contributed by atoms with Crippen LogP contribution in [0.4, 0.5) is 5.69 Å². The number of hydrogen-bond donors (Lipinski definition) is 2. The standard InChI is InChI=1S/C24H20N2O2/c27-23(20-14-6-2-7-15-20)26-22(18-10-13-19-11-4-1-5-12-19)24(28)25-21-16-8-3-9-17-21/h1-18H,(H,25,28)(H,26,27). The molecule has 0 heterocycles. The van der Waals surface area contributed by atoms with E-state index in [1.54, 1.807) is 48.6 Å².